The Hall–Kier alpha value is -2.68. The fourth-order valence-corrected chi connectivity index (χ4v) is 3.13. The molecule has 7 heteroatoms. The lowest BCUT2D eigenvalue weighted by atomic mass is 9.94. The number of ether oxygens (including phenoxy) is 2. The highest BCUT2D eigenvalue weighted by Gasteiger charge is 2.15. The van der Waals surface area contributed by atoms with Crippen LogP contribution in [0.15, 0.2) is 47.6 Å². The maximum absolute atomic E-state index is 9.36. The molecule has 0 bridgehead atoms. The summed E-state index contributed by atoms with van der Waals surface area (Å²) in [6, 6.07) is 13.1. The minimum Gasteiger partial charge on any atom is -0.489 e. The first-order valence-corrected chi connectivity index (χ1v) is 10.2. The summed E-state index contributed by atoms with van der Waals surface area (Å²) in [6.45, 7) is 0.263. The fourth-order valence-electron chi connectivity index (χ4n) is 2.78. The third-order valence-corrected chi connectivity index (χ3v) is 5.00. The van der Waals surface area contributed by atoms with E-state index >= 15 is 0 Å². The van der Waals surface area contributed by atoms with Gasteiger partial charge in [0.15, 0.2) is 5.75 Å². The third kappa shape index (κ3) is 5.44. The van der Waals surface area contributed by atoms with Crippen molar-refractivity contribution in [2.24, 2.45) is 10.7 Å². The van der Waals surface area contributed by atoms with E-state index in [9.17, 15) is 5.26 Å². The van der Waals surface area contributed by atoms with E-state index < -0.39 is 0 Å². The third-order valence-electron chi connectivity index (χ3n) is 4.56. The van der Waals surface area contributed by atoms with E-state index in [-0.39, 0.29) is 12.2 Å². The van der Waals surface area contributed by atoms with Gasteiger partial charge in [-0.1, -0.05) is 23.7 Å². The van der Waals surface area contributed by atoms with Crippen LogP contribution in [0.2, 0.25) is 5.02 Å². The van der Waals surface area contributed by atoms with E-state index in [2.05, 4.69) is 11.1 Å². The minimum atomic E-state index is 0.263. The SMILES string of the molecule is N#Cc1cc(Oc2ccc(/C(C=NC3CCC3)=C/N)cc2)cc(Cl)c1OCCCl. The summed E-state index contributed by atoms with van der Waals surface area (Å²) in [6.07, 6.45) is 6.91. The standard InChI is InChI=1S/C22H21Cl2N3O2/c23-8-9-28-22-16(12-25)10-20(11-21(22)24)29-19-6-4-15(5-7-19)17(13-26)14-27-18-2-1-3-18/h4-7,10-11,13-14,18H,1-3,8-9,26H2/b17-13+,27-14?. The molecule has 0 amide bonds. The van der Waals surface area contributed by atoms with Crippen molar-refractivity contribution in [2.75, 3.05) is 12.5 Å². The molecule has 3 rings (SSSR count). The van der Waals surface area contributed by atoms with Gasteiger partial charge in [-0.2, -0.15) is 5.26 Å². The van der Waals surface area contributed by atoms with Crippen LogP contribution in [0.4, 0.5) is 0 Å². The number of rotatable bonds is 8. The smallest absolute Gasteiger partial charge is 0.155 e. The molecule has 0 aromatic heterocycles. The Morgan fingerprint density at radius 2 is 2.00 bits per heavy atom. The average molecular weight is 430 g/mol. The van der Waals surface area contributed by atoms with Gasteiger partial charge < -0.3 is 15.2 Å². The van der Waals surface area contributed by atoms with Crippen LogP contribution in [0.5, 0.6) is 17.2 Å². The van der Waals surface area contributed by atoms with E-state index in [4.69, 9.17) is 38.4 Å². The molecule has 1 saturated carbocycles. The lowest BCUT2D eigenvalue weighted by Crippen LogP contribution is -2.14. The molecule has 1 fully saturated rings. The first-order valence-electron chi connectivity index (χ1n) is 9.30. The Labute approximate surface area is 180 Å². The Balaban J connectivity index is 1.73. The number of allylic oxidation sites excluding steroid dienone is 1. The Morgan fingerprint density at radius 1 is 1.24 bits per heavy atom. The van der Waals surface area contributed by atoms with Crippen molar-refractivity contribution in [1.82, 2.24) is 0 Å². The van der Waals surface area contributed by atoms with Gasteiger partial charge in [0.05, 0.1) is 16.5 Å². The number of hydrogen-bond donors (Lipinski definition) is 1. The van der Waals surface area contributed by atoms with Crippen molar-refractivity contribution in [2.45, 2.75) is 25.3 Å². The van der Waals surface area contributed by atoms with Crippen LogP contribution >= 0.6 is 23.2 Å². The van der Waals surface area contributed by atoms with Crippen LogP contribution in [0.1, 0.15) is 30.4 Å². The number of alkyl halides is 1. The van der Waals surface area contributed by atoms with Crippen LogP contribution in [-0.4, -0.2) is 24.7 Å². The number of nitrogens with two attached hydrogens (primary N) is 1. The molecule has 0 saturated heterocycles. The summed E-state index contributed by atoms with van der Waals surface area (Å²) < 4.78 is 11.3. The van der Waals surface area contributed by atoms with Crippen LogP contribution in [0, 0.1) is 11.3 Å². The largest absolute Gasteiger partial charge is 0.489 e. The zero-order valence-electron chi connectivity index (χ0n) is 15.8. The van der Waals surface area contributed by atoms with Gasteiger partial charge in [-0.25, -0.2) is 0 Å². The first kappa shape index (κ1) is 21.0. The highest BCUT2D eigenvalue weighted by molar-refractivity contribution is 6.32. The van der Waals surface area contributed by atoms with E-state index in [1.807, 2.05) is 30.5 Å². The maximum Gasteiger partial charge on any atom is 0.155 e. The lowest BCUT2D eigenvalue weighted by molar-refractivity contribution is 0.341. The molecule has 0 spiro atoms. The number of aliphatic imine (C=N–C) groups is 1. The Bertz CT molecular complexity index is 946. The predicted octanol–water partition coefficient (Wildman–Crippen LogP) is 5.54. The van der Waals surface area contributed by atoms with Gasteiger partial charge in [-0.05, 0) is 37.0 Å². The quantitative estimate of drug-likeness (QED) is 0.440. The van der Waals surface area contributed by atoms with Crippen molar-refractivity contribution in [3.05, 3.63) is 58.7 Å². The highest BCUT2D eigenvalue weighted by Crippen LogP contribution is 2.35. The monoisotopic (exact) mass is 429 g/mol. The molecule has 1 aliphatic carbocycles. The summed E-state index contributed by atoms with van der Waals surface area (Å²) in [7, 11) is 0. The van der Waals surface area contributed by atoms with Crippen molar-refractivity contribution >= 4 is 35.0 Å². The first-order chi connectivity index (χ1) is 14.1. The number of halogens is 2. The van der Waals surface area contributed by atoms with Gasteiger partial charge in [-0.3, -0.25) is 4.99 Å². The maximum atomic E-state index is 9.36. The Morgan fingerprint density at radius 3 is 2.59 bits per heavy atom. The average Bonchev–Trinajstić information content (AvgIpc) is 2.69. The lowest BCUT2D eigenvalue weighted by Gasteiger charge is -2.20. The summed E-state index contributed by atoms with van der Waals surface area (Å²) >= 11 is 11.9. The molecule has 2 aromatic carbocycles. The molecular formula is C22H21Cl2N3O2. The van der Waals surface area contributed by atoms with E-state index in [1.54, 1.807) is 18.3 Å². The van der Waals surface area contributed by atoms with Crippen LogP contribution in [0.25, 0.3) is 5.57 Å². The molecule has 0 radical (unpaired) electrons. The summed E-state index contributed by atoms with van der Waals surface area (Å²) in [5.74, 6) is 1.66. The molecular weight excluding hydrogens is 409 g/mol. The molecule has 150 valence electrons. The molecule has 2 aromatic rings. The molecule has 5 nitrogen and oxygen atoms in total. The molecule has 1 aliphatic rings. The van der Waals surface area contributed by atoms with Crippen LogP contribution in [0.3, 0.4) is 0 Å². The molecule has 29 heavy (non-hydrogen) atoms. The second-order valence-corrected chi connectivity index (χ2v) is 7.33. The second kappa shape index (κ2) is 10.2. The minimum absolute atomic E-state index is 0.263. The van der Waals surface area contributed by atoms with Crippen LogP contribution < -0.4 is 15.2 Å². The van der Waals surface area contributed by atoms with Crippen molar-refractivity contribution in [3.63, 3.8) is 0 Å². The summed E-state index contributed by atoms with van der Waals surface area (Å²) in [5, 5.41) is 9.65. The van der Waals surface area contributed by atoms with Gasteiger partial charge in [0.1, 0.15) is 24.2 Å². The van der Waals surface area contributed by atoms with Gasteiger partial charge in [-0.15, -0.1) is 11.6 Å². The molecule has 0 heterocycles. The number of benzene rings is 2. The van der Waals surface area contributed by atoms with Crippen molar-refractivity contribution in [3.8, 4) is 23.3 Å². The molecule has 0 atom stereocenters. The van der Waals surface area contributed by atoms with Crippen LogP contribution in [-0.2, 0) is 0 Å². The van der Waals surface area contributed by atoms with E-state index in [1.165, 1.54) is 6.42 Å². The number of nitriles is 1. The van der Waals surface area contributed by atoms with E-state index in [0.29, 0.717) is 34.2 Å². The van der Waals surface area contributed by atoms with Gasteiger partial charge in [0, 0.05) is 36.2 Å². The van der Waals surface area contributed by atoms with Gasteiger partial charge in [0.25, 0.3) is 0 Å². The van der Waals surface area contributed by atoms with Gasteiger partial charge >= 0.3 is 0 Å². The van der Waals surface area contributed by atoms with Crippen molar-refractivity contribution in [1.29, 1.82) is 5.26 Å². The number of hydrogen-bond acceptors (Lipinski definition) is 5. The molecule has 2 N–H and O–H groups in total. The zero-order chi connectivity index (χ0) is 20.6. The van der Waals surface area contributed by atoms with Crippen molar-refractivity contribution < 1.29 is 9.47 Å². The second-order valence-electron chi connectivity index (χ2n) is 6.54. The van der Waals surface area contributed by atoms with Gasteiger partial charge in [0.2, 0.25) is 0 Å². The fraction of sp³-hybridized carbons (Fsp3) is 0.273. The Kier molecular flexibility index (Phi) is 7.40. The van der Waals surface area contributed by atoms with E-state index in [0.717, 1.165) is 24.0 Å². The highest BCUT2D eigenvalue weighted by atomic mass is 35.5. The predicted molar refractivity (Wildman–Crippen MR) is 117 cm³/mol. The summed E-state index contributed by atoms with van der Waals surface area (Å²) in [4.78, 5) is 4.56. The topological polar surface area (TPSA) is 80.6 Å². The number of nitrogens with zero attached hydrogens (tertiary/aromatic N) is 2. The summed E-state index contributed by atoms with van der Waals surface area (Å²) in [5.41, 5.74) is 7.85. The normalized spacial score (nSPS) is 14.4. The zero-order valence-corrected chi connectivity index (χ0v) is 17.3. The molecule has 0 unspecified atom stereocenters. The molecule has 0 aliphatic heterocycles.